The van der Waals surface area contributed by atoms with Crippen LogP contribution >= 0.6 is 0 Å². The van der Waals surface area contributed by atoms with Gasteiger partial charge in [0.05, 0.1) is 16.7 Å². The minimum absolute atomic E-state index is 0.977. The van der Waals surface area contributed by atoms with Crippen molar-refractivity contribution in [1.82, 2.24) is 9.97 Å². The normalized spacial score (nSPS) is 12.6. The fourth-order valence-electron chi connectivity index (χ4n) is 2.74. The first-order chi connectivity index (χ1) is 10.5. The zero-order valence-electron chi connectivity index (χ0n) is 13.6. The SMILES string of the molecule is CC1=Nc2ccc(C)cc2C1.Cc1ccc2nc(C)[nH]c2c1. The average molecular weight is 291 g/mol. The van der Waals surface area contributed by atoms with Crippen LogP contribution in [0.2, 0.25) is 0 Å². The van der Waals surface area contributed by atoms with E-state index in [0.29, 0.717) is 0 Å². The number of fused-ring (bicyclic) bond motifs is 2. The Labute approximate surface area is 131 Å². The number of imidazole rings is 1. The minimum Gasteiger partial charge on any atom is -0.342 e. The Morgan fingerprint density at radius 2 is 1.64 bits per heavy atom. The van der Waals surface area contributed by atoms with E-state index in [1.807, 2.05) is 13.0 Å². The van der Waals surface area contributed by atoms with E-state index in [1.54, 1.807) is 0 Å². The van der Waals surface area contributed by atoms with Gasteiger partial charge in [-0.3, -0.25) is 4.99 Å². The van der Waals surface area contributed by atoms with Gasteiger partial charge in [-0.15, -0.1) is 0 Å². The zero-order chi connectivity index (χ0) is 15.7. The zero-order valence-corrected chi connectivity index (χ0v) is 13.6. The molecule has 4 rings (SSSR count). The third-order valence-electron chi connectivity index (χ3n) is 3.75. The number of aromatic nitrogens is 2. The van der Waals surface area contributed by atoms with E-state index in [4.69, 9.17) is 0 Å². The van der Waals surface area contributed by atoms with Gasteiger partial charge in [0.25, 0.3) is 0 Å². The number of benzene rings is 2. The highest BCUT2D eigenvalue weighted by molar-refractivity contribution is 5.92. The van der Waals surface area contributed by atoms with E-state index in [9.17, 15) is 0 Å². The van der Waals surface area contributed by atoms with Gasteiger partial charge in [0, 0.05) is 12.1 Å². The van der Waals surface area contributed by atoms with Crippen molar-refractivity contribution in [3.8, 4) is 0 Å². The van der Waals surface area contributed by atoms with Crippen LogP contribution < -0.4 is 0 Å². The van der Waals surface area contributed by atoms with Gasteiger partial charge in [0.1, 0.15) is 5.82 Å². The van der Waals surface area contributed by atoms with E-state index in [2.05, 4.69) is 66.1 Å². The fourth-order valence-corrected chi connectivity index (χ4v) is 2.74. The summed E-state index contributed by atoms with van der Waals surface area (Å²) in [5.41, 5.74) is 8.53. The lowest BCUT2D eigenvalue weighted by molar-refractivity contribution is 1.17. The van der Waals surface area contributed by atoms with Crippen LogP contribution in [-0.2, 0) is 6.42 Å². The number of nitrogens with one attached hydrogen (secondary N) is 1. The molecule has 0 saturated heterocycles. The molecule has 0 aliphatic carbocycles. The molecule has 0 radical (unpaired) electrons. The smallest absolute Gasteiger partial charge is 0.104 e. The molecular weight excluding hydrogens is 270 g/mol. The maximum atomic E-state index is 4.41. The Hall–Kier alpha value is -2.42. The molecular formula is C19H21N3. The lowest BCUT2D eigenvalue weighted by Gasteiger charge is -1.96. The number of aliphatic imine (C=N–C) groups is 1. The van der Waals surface area contributed by atoms with Crippen LogP contribution in [0.4, 0.5) is 5.69 Å². The first-order valence-corrected chi connectivity index (χ1v) is 7.58. The van der Waals surface area contributed by atoms with Gasteiger partial charge in [-0.05, 0) is 57.0 Å². The Morgan fingerprint density at radius 3 is 2.45 bits per heavy atom. The van der Waals surface area contributed by atoms with Gasteiger partial charge in [0.2, 0.25) is 0 Å². The van der Waals surface area contributed by atoms with Gasteiger partial charge in [-0.25, -0.2) is 4.98 Å². The molecule has 1 aromatic heterocycles. The summed E-state index contributed by atoms with van der Waals surface area (Å²) < 4.78 is 0. The lowest BCUT2D eigenvalue weighted by Crippen LogP contribution is -1.88. The van der Waals surface area contributed by atoms with Gasteiger partial charge < -0.3 is 4.98 Å². The second-order valence-electron chi connectivity index (χ2n) is 6.00. The van der Waals surface area contributed by atoms with E-state index < -0.39 is 0 Å². The molecule has 1 N–H and O–H groups in total. The summed E-state index contributed by atoms with van der Waals surface area (Å²) in [4.78, 5) is 11.9. The summed E-state index contributed by atoms with van der Waals surface area (Å²) in [7, 11) is 0. The van der Waals surface area contributed by atoms with Crippen LogP contribution in [-0.4, -0.2) is 15.7 Å². The molecule has 0 saturated carbocycles. The average Bonchev–Trinajstić information content (AvgIpc) is 2.99. The van der Waals surface area contributed by atoms with Crippen molar-refractivity contribution in [1.29, 1.82) is 0 Å². The molecule has 0 spiro atoms. The summed E-state index contributed by atoms with van der Waals surface area (Å²) in [5.74, 6) is 0.977. The third-order valence-corrected chi connectivity index (χ3v) is 3.75. The van der Waals surface area contributed by atoms with E-state index in [1.165, 1.54) is 22.4 Å². The summed E-state index contributed by atoms with van der Waals surface area (Å²) >= 11 is 0. The maximum absolute atomic E-state index is 4.41. The first kappa shape index (κ1) is 14.5. The number of rotatable bonds is 0. The highest BCUT2D eigenvalue weighted by Gasteiger charge is 2.09. The molecule has 2 heterocycles. The molecule has 22 heavy (non-hydrogen) atoms. The Bertz CT molecular complexity index is 856. The van der Waals surface area contributed by atoms with Gasteiger partial charge in [-0.1, -0.05) is 23.8 Å². The standard InChI is InChI=1S/C10H11N.C9H10N2/c1-7-3-4-10-9(5-7)6-8(2)11-10;1-6-3-4-8-9(5-6)11-7(2)10-8/h3-5H,6H2,1-2H3;3-5H,1-2H3,(H,10,11). The third kappa shape index (κ3) is 3.08. The molecule has 2 aromatic carbocycles. The largest absolute Gasteiger partial charge is 0.342 e. The van der Waals surface area contributed by atoms with Crippen molar-refractivity contribution in [3.05, 3.63) is 58.9 Å². The summed E-state index contributed by atoms with van der Waals surface area (Å²) in [5, 5.41) is 0. The van der Waals surface area contributed by atoms with Crippen molar-refractivity contribution in [2.45, 2.75) is 34.1 Å². The van der Waals surface area contributed by atoms with Gasteiger partial charge in [0.15, 0.2) is 0 Å². The highest BCUT2D eigenvalue weighted by Crippen LogP contribution is 2.26. The molecule has 0 unspecified atom stereocenters. The van der Waals surface area contributed by atoms with Crippen molar-refractivity contribution < 1.29 is 0 Å². The van der Waals surface area contributed by atoms with E-state index in [-0.39, 0.29) is 0 Å². The molecule has 0 amide bonds. The first-order valence-electron chi connectivity index (χ1n) is 7.58. The number of aromatic amines is 1. The molecule has 1 aliphatic heterocycles. The summed E-state index contributed by atoms with van der Waals surface area (Å²) in [6.45, 7) is 8.24. The minimum atomic E-state index is 0.977. The highest BCUT2D eigenvalue weighted by atomic mass is 14.9. The number of aryl methyl sites for hydroxylation is 3. The Morgan fingerprint density at radius 1 is 0.909 bits per heavy atom. The van der Waals surface area contributed by atoms with Crippen molar-refractivity contribution in [2.75, 3.05) is 0 Å². The van der Waals surface area contributed by atoms with Crippen LogP contribution in [0.25, 0.3) is 11.0 Å². The topological polar surface area (TPSA) is 41.0 Å². The van der Waals surface area contributed by atoms with E-state index in [0.717, 1.165) is 29.0 Å². The summed E-state index contributed by atoms with van der Waals surface area (Å²) in [6.07, 6.45) is 1.04. The van der Waals surface area contributed by atoms with Crippen LogP contribution in [0, 0.1) is 20.8 Å². The van der Waals surface area contributed by atoms with Crippen LogP contribution in [0.3, 0.4) is 0 Å². The molecule has 112 valence electrons. The van der Waals surface area contributed by atoms with Crippen molar-refractivity contribution >= 4 is 22.4 Å². The van der Waals surface area contributed by atoms with E-state index >= 15 is 0 Å². The number of H-pyrrole nitrogens is 1. The molecule has 0 atom stereocenters. The predicted molar refractivity (Wildman–Crippen MR) is 93.2 cm³/mol. The summed E-state index contributed by atoms with van der Waals surface area (Å²) in [6, 6.07) is 12.6. The van der Waals surface area contributed by atoms with Crippen molar-refractivity contribution in [3.63, 3.8) is 0 Å². The Balaban J connectivity index is 0.000000131. The predicted octanol–water partition coefficient (Wildman–Crippen LogP) is 4.82. The van der Waals surface area contributed by atoms with Crippen molar-refractivity contribution in [2.24, 2.45) is 4.99 Å². The van der Waals surface area contributed by atoms with Crippen LogP contribution in [0.15, 0.2) is 41.4 Å². The molecule has 1 aliphatic rings. The second kappa shape index (κ2) is 5.76. The Kier molecular flexibility index (Phi) is 3.80. The second-order valence-corrected chi connectivity index (χ2v) is 6.00. The number of nitrogens with zero attached hydrogens (tertiary/aromatic N) is 2. The number of hydrogen-bond acceptors (Lipinski definition) is 2. The maximum Gasteiger partial charge on any atom is 0.104 e. The van der Waals surface area contributed by atoms with Gasteiger partial charge in [-0.2, -0.15) is 0 Å². The molecule has 3 aromatic rings. The quantitative estimate of drug-likeness (QED) is 0.633. The van der Waals surface area contributed by atoms with Crippen LogP contribution in [0.5, 0.6) is 0 Å². The fraction of sp³-hybridized carbons (Fsp3) is 0.263. The molecule has 0 fully saturated rings. The molecule has 3 nitrogen and oxygen atoms in total. The molecule has 0 bridgehead atoms. The lowest BCUT2D eigenvalue weighted by atomic mass is 10.1. The van der Waals surface area contributed by atoms with Crippen LogP contribution in [0.1, 0.15) is 29.4 Å². The monoisotopic (exact) mass is 291 g/mol. The van der Waals surface area contributed by atoms with Gasteiger partial charge >= 0.3 is 0 Å². The molecule has 3 heteroatoms. The number of hydrogen-bond donors (Lipinski definition) is 1.